The number of nitrogens with zero attached hydrogens (tertiary/aromatic N) is 2. The van der Waals surface area contributed by atoms with Gasteiger partial charge in [-0.15, -0.1) is 0 Å². The normalized spacial score (nSPS) is 14.3. The lowest BCUT2D eigenvalue weighted by Gasteiger charge is -2.29. The summed E-state index contributed by atoms with van der Waals surface area (Å²) in [5, 5.41) is 3.44. The summed E-state index contributed by atoms with van der Waals surface area (Å²) in [5.41, 5.74) is 5.25. The Bertz CT molecular complexity index is 939. The molecule has 4 heteroatoms. The Morgan fingerprint density at radius 2 is 1.78 bits per heavy atom. The van der Waals surface area contributed by atoms with Gasteiger partial charge in [0.15, 0.2) is 0 Å². The number of aromatic nitrogens is 1. The first-order valence-electron chi connectivity index (χ1n) is 9.33. The minimum Gasteiger partial charge on any atom is -0.377 e. The number of benzene rings is 2. The molecule has 2 heterocycles. The molecule has 1 aromatic heterocycles. The second kappa shape index (κ2) is 7.62. The Labute approximate surface area is 159 Å². The fourth-order valence-electron chi connectivity index (χ4n) is 3.56. The molecule has 2 aromatic carbocycles. The number of pyridine rings is 1. The lowest BCUT2D eigenvalue weighted by molar-refractivity contribution is 0.0734. The van der Waals surface area contributed by atoms with Crippen LogP contribution in [-0.4, -0.2) is 22.3 Å². The van der Waals surface area contributed by atoms with Crippen LogP contribution in [0.5, 0.6) is 0 Å². The molecule has 0 aliphatic carbocycles. The monoisotopic (exact) mass is 357 g/mol. The van der Waals surface area contributed by atoms with Gasteiger partial charge in [0, 0.05) is 31.5 Å². The summed E-state index contributed by atoms with van der Waals surface area (Å²) in [5.74, 6) is 0.0352. The highest BCUT2D eigenvalue weighted by atomic mass is 16.2. The van der Waals surface area contributed by atoms with E-state index in [1.54, 1.807) is 12.4 Å². The van der Waals surface area contributed by atoms with E-state index in [4.69, 9.17) is 0 Å². The molecule has 0 bridgehead atoms. The predicted octanol–water partition coefficient (Wildman–Crippen LogP) is 4.45. The van der Waals surface area contributed by atoms with E-state index in [1.807, 2.05) is 35.2 Å². The van der Waals surface area contributed by atoms with Crippen LogP contribution in [0.25, 0.3) is 0 Å². The molecule has 1 aliphatic heterocycles. The van der Waals surface area contributed by atoms with Crippen molar-refractivity contribution in [3.8, 4) is 0 Å². The van der Waals surface area contributed by atoms with Crippen molar-refractivity contribution in [1.82, 2.24) is 9.88 Å². The van der Waals surface area contributed by atoms with Gasteiger partial charge in [0.2, 0.25) is 0 Å². The minimum atomic E-state index is 0.0352. The molecule has 1 unspecified atom stereocenters. The minimum absolute atomic E-state index is 0.0352. The van der Waals surface area contributed by atoms with Crippen molar-refractivity contribution in [3.05, 3.63) is 95.3 Å². The molecule has 1 aliphatic rings. The fraction of sp³-hybridized carbons (Fsp3) is 0.217. The highest BCUT2D eigenvalue weighted by Crippen LogP contribution is 2.22. The Hall–Kier alpha value is -3.14. The largest absolute Gasteiger partial charge is 0.377 e. The Kier molecular flexibility index (Phi) is 4.88. The molecule has 0 saturated heterocycles. The van der Waals surface area contributed by atoms with Gasteiger partial charge in [-0.1, -0.05) is 54.6 Å². The zero-order chi connectivity index (χ0) is 18.6. The van der Waals surface area contributed by atoms with Crippen molar-refractivity contribution in [2.75, 3.05) is 11.9 Å². The van der Waals surface area contributed by atoms with E-state index in [0.717, 1.165) is 18.7 Å². The van der Waals surface area contributed by atoms with E-state index in [9.17, 15) is 4.79 Å². The third-order valence-electron chi connectivity index (χ3n) is 5.09. The van der Waals surface area contributed by atoms with E-state index in [0.29, 0.717) is 12.1 Å². The third-order valence-corrected chi connectivity index (χ3v) is 5.09. The maximum atomic E-state index is 13.0. The smallest absolute Gasteiger partial charge is 0.255 e. The highest BCUT2D eigenvalue weighted by Gasteiger charge is 2.22. The van der Waals surface area contributed by atoms with Gasteiger partial charge in [-0.3, -0.25) is 9.78 Å². The summed E-state index contributed by atoms with van der Waals surface area (Å²) in [6, 6.07) is 20.6. The molecule has 4 nitrogen and oxygen atoms in total. The van der Waals surface area contributed by atoms with Crippen molar-refractivity contribution in [2.45, 2.75) is 25.9 Å². The molecule has 3 aromatic rings. The van der Waals surface area contributed by atoms with Gasteiger partial charge in [0.1, 0.15) is 0 Å². The van der Waals surface area contributed by atoms with E-state index >= 15 is 0 Å². The van der Waals surface area contributed by atoms with Crippen LogP contribution in [-0.2, 0) is 13.0 Å². The van der Waals surface area contributed by atoms with E-state index in [2.05, 4.69) is 47.6 Å². The van der Waals surface area contributed by atoms with Crippen LogP contribution < -0.4 is 5.32 Å². The van der Waals surface area contributed by atoms with Gasteiger partial charge in [-0.25, -0.2) is 0 Å². The van der Waals surface area contributed by atoms with Crippen molar-refractivity contribution < 1.29 is 4.79 Å². The Balaban J connectivity index is 1.48. The summed E-state index contributed by atoms with van der Waals surface area (Å²) in [7, 11) is 0. The van der Waals surface area contributed by atoms with Crippen LogP contribution >= 0.6 is 0 Å². The number of hydrogen-bond acceptors (Lipinski definition) is 3. The number of amides is 1. The molecule has 0 radical (unpaired) electrons. The van der Waals surface area contributed by atoms with E-state index in [1.165, 1.54) is 16.7 Å². The Morgan fingerprint density at radius 1 is 1.04 bits per heavy atom. The number of hydrogen-bond donors (Lipinski definition) is 1. The average Bonchev–Trinajstić information content (AvgIpc) is 2.73. The second-order valence-corrected chi connectivity index (χ2v) is 6.98. The summed E-state index contributed by atoms with van der Waals surface area (Å²) in [6.07, 6.45) is 4.32. The number of nitrogens with one attached hydrogen (secondary N) is 1. The molecular weight excluding hydrogens is 334 g/mol. The van der Waals surface area contributed by atoms with Crippen molar-refractivity contribution in [2.24, 2.45) is 0 Å². The van der Waals surface area contributed by atoms with Crippen molar-refractivity contribution >= 4 is 11.6 Å². The van der Waals surface area contributed by atoms with Gasteiger partial charge >= 0.3 is 0 Å². The third kappa shape index (κ3) is 3.85. The quantitative estimate of drug-likeness (QED) is 0.750. The standard InChI is InChI=1S/C23H23N3O/c1-17(18-7-3-2-4-8-18)25-22-13-21(14-24-15-22)23(27)26-12-11-19-9-5-6-10-20(19)16-26/h2-10,13-15,17,25H,11-12,16H2,1H3. The molecule has 0 fully saturated rings. The summed E-state index contributed by atoms with van der Waals surface area (Å²) in [4.78, 5) is 19.2. The molecule has 1 N–H and O–H groups in total. The molecule has 4 rings (SSSR count). The van der Waals surface area contributed by atoms with Crippen LogP contribution in [0.2, 0.25) is 0 Å². The van der Waals surface area contributed by atoms with Gasteiger partial charge in [0.25, 0.3) is 5.91 Å². The first-order chi connectivity index (χ1) is 13.2. The van der Waals surface area contributed by atoms with Gasteiger partial charge in [0.05, 0.1) is 11.3 Å². The van der Waals surface area contributed by atoms with Gasteiger partial charge < -0.3 is 10.2 Å². The van der Waals surface area contributed by atoms with Crippen LogP contribution in [0, 0.1) is 0 Å². The summed E-state index contributed by atoms with van der Waals surface area (Å²) in [6.45, 7) is 3.51. The zero-order valence-corrected chi connectivity index (χ0v) is 15.4. The second-order valence-electron chi connectivity index (χ2n) is 6.98. The van der Waals surface area contributed by atoms with Crippen molar-refractivity contribution in [1.29, 1.82) is 0 Å². The van der Waals surface area contributed by atoms with E-state index < -0.39 is 0 Å². The van der Waals surface area contributed by atoms with Gasteiger partial charge in [-0.2, -0.15) is 0 Å². The molecule has 1 atom stereocenters. The van der Waals surface area contributed by atoms with Crippen LogP contribution in [0.1, 0.15) is 40.0 Å². The molecule has 0 spiro atoms. The summed E-state index contributed by atoms with van der Waals surface area (Å²) < 4.78 is 0. The first-order valence-corrected chi connectivity index (χ1v) is 9.33. The maximum Gasteiger partial charge on any atom is 0.255 e. The Morgan fingerprint density at radius 3 is 2.59 bits per heavy atom. The van der Waals surface area contributed by atoms with E-state index in [-0.39, 0.29) is 11.9 Å². The molecule has 136 valence electrons. The predicted molar refractivity (Wildman–Crippen MR) is 108 cm³/mol. The SMILES string of the molecule is CC(Nc1cncc(C(=O)N2CCc3ccccc3C2)c1)c1ccccc1. The fourth-order valence-corrected chi connectivity index (χ4v) is 3.56. The number of anilines is 1. The van der Waals surface area contributed by atoms with Crippen LogP contribution in [0.3, 0.4) is 0 Å². The number of carbonyl (C=O) groups excluding carboxylic acids is 1. The molecule has 27 heavy (non-hydrogen) atoms. The number of carbonyl (C=O) groups is 1. The molecule has 0 saturated carbocycles. The highest BCUT2D eigenvalue weighted by molar-refractivity contribution is 5.94. The maximum absolute atomic E-state index is 13.0. The van der Waals surface area contributed by atoms with Crippen molar-refractivity contribution in [3.63, 3.8) is 0 Å². The molecule has 1 amide bonds. The number of rotatable bonds is 4. The van der Waals surface area contributed by atoms with Gasteiger partial charge in [-0.05, 0) is 36.1 Å². The zero-order valence-electron chi connectivity index (χ0n) is 15.4. The lowest BCUT2D eigenvalue weighted by Crippen LogP contribution is -2.36. The lowest BCUT2D eigenvalue weighted by atomic mass is 9.99. The van der Waals surface area contributed by atoms with Crippen LogP contribution in [0.15, 0.2) is 73.1 Å². The molecular formula is C23H23N3O. The topological polar surface area (TPSA) is 45.2 Å². The average molecular weight is 357 g/mol. The van der Waals surface area contributed by atoms with Crippen LogP contribution in [0.4, 0.5) is 5.69 Å². The first kappa shape index (κ1) is 17.3. The summed E-state index contributed by atoms with van der Waals surface area (Å²) >= 11 is 0. The number of fused-ring (bicyclic) bond motifs is 1.